The molecule has 11 heavy (non-hydrogen) atoms. The molecule has 0 bridgehead atoms. The lowest BCUT2D eigenvalue weighted by Gasteiger charge is -2.02. The van der Waals surface area contributed by atoms with Crippen molar-refractivity contribution >= 4 is 27.9 Å². The van der Waals surface area contributed by atoms with Gasteiger partial charge in [-0.25, -0.2) is 0 Å². The van der Waals surface area contributed by atoms with Gasteiger partial charge in [-0.15, -0.1) is 0 Å². The first kappa shape index (κ1) is 8.27. The Bertz CT molecular complexity index is 296. The molecular formula is C8H8BrNO. The number of benzene rings is 1. The van der Waals surface area contributed by atoms with E-state index < -0.39 is 0 Å². The van der Waals surface area contributed by atoms with Crippen LogP contribution in [0.3, 0.4) is 0 Å². The number of carbonyl (C=O) groups is 1. The molecule has 2 N–H and O–H groups in total. The highest BCUT2D eigenvalue weighted by Gasteiger charge is 2.01. The van der Waals surface area contributed by atoms with E-state index >= 15 is 0 Å². The largest absolute Gasteiger partial charge is 0.398 e. The molecule has 1 aromatic carbocycles. The van der Waals surface area contributed by atoms with Gasteiger partial charge in [0.1, 0.15) is 6.29 Å². The SMILES string of the molecule is Cc1c(N)cc(Br)cc1C=O. The highest BCUT2D eigenvalue weighted by molar-refractivity contribution is 9.10. The first-order valence-corrected chi connectivity index (χ1v) is 3.95. The number of carbonyl (C=O) groups excluding carboxylic acids is 1. The van der Waals surface area contributed by atoms with E-state index in [1.54, 1.807) is 12.1 Å². The van der Waals surface area contributed by atoms with Crippen molar-refractivity contribution in [3.05, 3.63) is 27.7 Å². The summed E-state index contributed by atoms with van der Waals surface area (Å²) in [4.78, 5) is 10.5. The molecule has 0 atom stereocenters. The normalized spacial score (nSPS) is 9.64. The maximum Gasteiger partial charge on any atom is 0.150 e. The number of rotatable bonds is 1. The van der Waals surface area contributed by atoms with Gasteiger partial charge in [0.25, 0.3) is 0 Å². The number of nitrogens with two attached hydrogens (primary N) is 1. The third-order valence-electron chi connectivity index (χ3n) is 1.58. The Hall–Kier alpha value is -0.830. The van der Waals surface area contributed by atoms with Crippen molar-refractivity contribution < 1.29 is 4.79 Å². The average Bonchev–Trinajstić information content (AvgIpc) is 1.96. The summed E-state index contributed by atoms with van der Waals surface area (Å²) in [5.41, 5.74) is 7.72. The van der Waals surface area contributed by atoms with Crippen LogP contribution in [0, 0.1) is 6.92 Å². The lowest BCUT2D eigenvalue weighted by molar-refractivity contribution is 0.112. The summed E-state index contributed by atoms with van der Waals surface area (Å²) >= 11 is 3.25. The number of hydrogen-bond donors (Lipinski definition) is 1. The first-order valence-electron chi connectivity index (χ1n) is 3.16. The standard InChI is InChI=1S/C8H8BrNO/c1-5-6(4-11)2-7(9)3-8(5)10/h2-4H,10H2,1H3. The van der Waals surface area contributed by atoms with Crippen LogP contribution in [0.5, 0.6) is 0 Å². The zero-order valence-corrected chi connectivity index (χ0v) is 7.68. The second-order valence-corrected chi connectivity index (χ2v) is 3.24. The van der Waals surface area contributed by atoms with Crippen LogP contribution >= 0.6 is 15.9 Å². The predicted molar refractivity (Wildman–Crippen MR) is 48.7 cm³/mol. The molecule has 0 aliphatic rings. The van der Waals surface area contributed by atoms with Crippen LogP contribution in [-0.4, -0.2) is 6.29 Å². The zero-order valence-electron chi connectivity index (χ0n) is 6.10. The molecular weight excluding hydrogens is 206 g/mol. The van der Waals surface area contributed by atoms with Crippen molar-refractivity contribution in [1.82, 2.24) is 0 Å². The predicted octanol–water partition coefficient (Wildman–Crippen LogP) is 2.15. The lowest BCUT2D eigenvalue weighted by Crippen LogP contribution is -1.94. The van der Waals surface area contributed by atoms with Gasteiger partial charge in [-0.05, 0) is 24.6 Å². The molecule has 0 fully saturated rings. The molecule has 0 saturated heterocycles. The fourth-order valence-electron chi connectivity index (χ4n) is 0.844. The van der Waals surface area contributed by atoms with Gasteiger partial charge in [-0.1, -0.05) is 15.9 Å². The van der Waals surface area contributed by atoms with Gasteiger partial charge in [0.15, 0.2) is 0 Å². The van der Waals surface area contributed by atoms with Gasteiger partial charge in [-0.2, -0.15) is 0 Å². The van der Waals surface area contributed by atoms with E-state index in [9.17, 15) is 4.79 Å². The highest BCUT2D eigenvalue weighted by Crippen LogP contribution is 2.21. The molecule has 0 heterocycles. The van der Waals surface area contributed by atoms with Gasteiger partial charge in [-0.3, -0.25) is 4.79 Å². The second-order valence-electron chi connectivity index (χ2n) is 2.33. The summed E-state index contributed by atoms with van der Waals surface area (Å²) < 4.78 is 0.836. The summed E-state index contributed by atoms with van der Waals surface area (Å²) in [7, 11) is 0. The van der Waals surface area contributed by atoms with Crippen LogP contribution < -0.4 is 5.73 Å². The molecule has 2 nitrogen and oxygen atoms in total. The molecule has 3 heteroatoms. The van der Waals surface area contributed by atoms with Crippen molar-refractivity contribution in [2.45, 2.75) is 6.92 Å². The quantitative estimate of drug-likeness (QED) is 0.574. The molecule has 0 amide bonds. The van der Waals surface area contributed by atoms with Gasteiger partial charge < -0.3 is 5.73 Å². The minimum Gasteiger partial charge on any atom is -0.398 e. The van der Waals surface area contributed by atoms with Crippen molar-refractivity contribution in [2.24, 2.45) is 0 Å². The maximum atomic E-state index is 10.5. The summed E-state index contributed by atoms with van der Waals surface area (Å²) in [6, 6.07) is 3.53. The van der Waals surface area contributed by atoms with Crippen LogP contribution in [0.15, 0.2) is 16.6 Å². The van der Waals surface area contributed by atoms with Gasteiger partial charge >= 0.3 is 0 Å². The molecule has 0 aliphatic carbocycles. The third-order valence-corrected chi connectivity index (χ3v) is 2.04. The minimum atomic E-state index is 0.636. The molecule has 0 aliphatic heterocycles. The zero-order chi connectivity index (χ0) is 8.43. The van der Waals surface area contributed by atoms with Crippen molar-refractivity contribution in [2.75, 3.05) is 5.73 Å². The Balaban J connectivity index is 3.35. The topological polar surface area (TPSA) is 43.1 Å². The number of anilines is 1. The van der Waals surface area contributed by atoms with E-state index in [1.807, 2.05) is 6.92 Å². The molecule has 58 valence electrons. The van der Waals surface area contributed by atoms with E-state index in [0.29, 0.717) is 11.3 Å². The second kappa shape index (κ2) is 3.05. The Morgan fingerprint density at radius 2 is 2.18 bits per heavy atom. The summed E-state index contributed by atoms with van der Waals surface area (Å²) in [5, 5.41) is 0. The monoisotopic (exact) mass is 213 g/mol. The Morgan fingerprint density at radius 1 is 1.55 bits per heavy atom. The molecule has 0 aromatic heterocycles. The fraction of sp³-hybridized carbons (Fsp3) is 0.125. The Labute approximate surface area is 73.5 Å². The highest BCUT2D eigenvalue weighted by atomic mass is 79.9. The number of halogens is 1. The van der Waals surface area contributed by atoms with Crippen molar-refractivity contribution in [3.63, 3.8) is 0 Å². The van der Waals surface area contributed by atoms with Crippen LogP contribution in [0.1, 0.15) is 15.9 Å². The van der Waals surface area contributed by atoms with E-state index in [1.165, 1.54) is 0 Å². The van der Waals surface area contributed by atoms with E-state index in [-0.39, 0.29) is 0 Å². The van der Waals surface area contributed by atoms with Crippen LogP contribution in [-0.2, 0) is 0 Å². The van der Waals surface area contributed by atoms with Gasteiger partial charge in [0, 0.05) is 15.7 Å². The third kappa shape index (κ3) is 1.60. The summed E-state index contributed by atoms with van der Waals surface area (Å²) in [6.45, 7) is 1.82. The maximum absolute atomic E-state index is 10.5. The summed E-state index contributed by atoms with van der Waals surface area (Å²) in [5.74, 6) is 0. The van der Waals surface area contributed by atoms with E-state index in [0.717, 1.165) is 16.3 Å². The van der Waals surface area contributed by atoms with Gasteiger partial charge in [0.05, 0.1) is 0 Å². The molecule has 0 unspecified atom stereocenters. The number of hydrogen-bond acceptors (Lipinski definition) is 2. The van der Waals surface area contributed by atoms with Crippen LogP contribution in [0.25, 0.3) is 0 Å². The number of nitrogen functional groups attached to an aromatic ring is 1. The van der Waals surface area contributed by atoms with E-state index in [2.05, 4.69) is 15.9 Å². The van der Waals surface area contributed by atoms with Crippen LogP contribution in [0.2, 0.25) is 0 Å². The molecule has 0 spiro atoms. The van der Waals surface area contributed by atoms with Gasteiger partial charge in [0.2, 0.25) is 0 Å². The Morgan fingerprint density at radius 3 is 2.73 bits per heavy atom. The summed E-state index contributed by atoms with van der Waals surface area (Å²) in [6.07, 6.45) is 0.802. The molecule has 0 saturated carbocycles. The fourth-order valence-corrected chi connectivity index (χ4v) is 1.34. The van der Waals surface area contributed by atoms with E-state index in [4.69, 9.17) is 5.73 Å². The molecule has 1 aromatic rings. The lowest BCUT2D eigenvalue weighted by atomic mass is 10.1. The van der Waals surface area contributed by atoms with Crippen LogP contribution in [0.4, 0.5) is 5.69 Å². The number of aldehydes is 1. The molecule has 1 rings (SSSR count). The smallest absolute Gasteiger partial charge is 0.150 e. The average molecular weight is 214 g/mol. The van der Waals surface area contributed by atoms with Crippen molar-refractivity contribution in [1.29, 1.82) is 0 Å². The molecule has 0 radical (unpaired) electrons. The first-order chi connectivity index (χ1) is 5.15. The Kier molecular flexibility index (Phi) is 2.29. The van der Waals surface area contributed by atoms with Crippen molar-refractivity contribution in [3.8, 4) is 0 Å². The minimum absolute atomic E-state index is 0.636.